The monoisotopic (exact) mass is 1910 g/mol. The highest BCUT2D eigenvalue weighted by Gasteiger charge is 2.28. The number of furan rings is 6. The van der Waals surface area contributed by atoms with Crippen molar-refractivity contribution >= 4 is 229 Å². The molecule has 0 unspecified atom stereocenters. The Hall–Kier alpha value is -19.9. The van der Waals surface area contributed by atoms with Gasteiger partial charge in [-0.3, -0.25) is 0 Å². The fourth-order valence-corrected chi connectivity index (χ4v) is 25.0. The Bertz CT molecular complexity index is 11100. The molecule has 0 radical (unpaired) electrons. The Morgan fingerprint density at radius 1 is 0.0867 bits per heavy atom. The molecule has 0 aliphatic carbocycles. The zero-order valence-corrected chi connectivity index (χ0v) is 80.9. The topological polar surface area (TPSA) is 78.8 Å². The number of fused-ring (bicyclic) bond motifs is 31. The van der Waals surface area contributed by atoms with Gasteiger partial charge in [-0.15, -0.1) is 0 Å². The molecule has 6 heteroatoms. The van der Waals surface area contributed by atoms with Gasteiger partial charge in [-0.2, -0.15) is 0 Å². The minimum absolute atomic E-state index is 0.832. The third-order valence-electron chi connectivity index (χ3n) is 31.3. The molecule has 696 valence electrons. The summed E-state index contributed by atoms with van der Waals surface area (Å²) in [4.78, 5) is 0. The highest BCUT2D eigenvalue weighted by atomic mass is 16.4. The lowest BCUT2D eigenvalue weighted by molar-refractivity contribution is 0.656. The number of hydrogen-bond donors (Lipinski definition) is 0. The van der Waals surface area contributed by atoms with Crippen LogP contribution in [0.5, 0.6) is 0 Å². The molecular formula is C144H84O6. The maximum Gasteiger partial charge on any atom is 0.139 e. The Morgan fingerprint density at radius 2 is 0.300 bits per heavy atom. The number of rotatable bonds is 9. The van der Waals surface area contributed by atoms with Crippen molar-refractivity contribution in [2.45, 2.75) is 0 Å². The van der Waals surface area contributed by atoms with Crippen LogP contribution in [0.2, 0.25) is 0 Å². The van der Waals surface area contributed by atoms with Crippen molar-refractivity contribution in [2.75, 3.05) is 0 Å². The van der Waals surface area contributed by atoms with Gasteiger partial charge in [0.15, 0.2) is 0 Å². The summed E-state index contributed by atoms with van der Waals surface area (Å²) in [5.74, 6) is 0. The lowest BCUT2D eigenvalue weighted by atomic mass is 9.85. The molecule has 27 aromatic carbocycles. The molecule has 0 saturated carbocycles. The van der Waals surface area contributed by atoms with Crippen LogP contribution in [0, 0.1) is 0 Å². The maximum absolute atomic E-state index is 6.69. The largest absolute Gasteiger partial charge is 0.456 e. The van der Waals surface area contributed by atoms with Crippen LogP contribution in [0.15, 0.2) is 536 Å². The van der Waals surface area contributed by atoms with Gasteiger partial charge in [0.25, 0.3) is 0 Å². The molecule has 0 atom stereocenters. The highest BCUT2D eigenvalue weighted by Crippen LogP contribution is 2.54. The van der Waals surface area contributed by atoms with Gasteiger partial charge >= 0.3 is 0 Å². The van der Waals surface area contributed by atoms with E-state index in [1.54, 1.807) is 0 Å². The first-order valence-electron chi connectivity index (χ1n) is 51.3. The molecule has 0 saturated heterocycles. The first kappa shape index (κ1) is 84.6. The minimum atomic E-state index is 0.832. The Balaban J connectivity index is 0.000000101. The molecule has 6 heterocycles. The van der Waals surface area contributed by atoms with Gasteiger partial charge in [0.2, 0.25) is 0 Å². The van der Waals surface area contributed by atoms with Crippen LogP contribution >= 0.6 is 0 Å². The van der Waals surface area contributed by atoms with Gasteiger partial charge in [0.05, 0.1) is 0 Å². The van der Waals surface area contributed by atoms with Crippen LogP contribution in [0.4, 0.5) is 0 Å². The van der Waals surface area contributed by atoms with Gasteiger partial charge in [-0.05, 0) is 282 Å². The second-order valence-corrected chi connectivity index (χ2v) is 39.5. The molecule has 0 amide bonds. The predicted octanol–water partition coefficient (Wildman–Crippen LogP) is 41.8. The van der Waals surface area contributed by atoms with E-state index in [1.807, 2.05) is 48.5 Å². The maximum atomic E-state index is 6.69. The Labute approximate surface area is 858 Å². The molecular weight excluding hydrogens is 1830 g/mol. The van der Waals surface area contributed by atoms with Crippen molar-refractivity contribution in [1.29, 1.82) is 0 Å². The van der Waals surface area contributed by atoms with Crippen LogP contribution in [0.1, 0.15) is 0 Å². The van der Waals surface area contributed by atoms with Crippen molar-refractivity contribution in [3.63, 3.8) is 0 Å². The van der Waals surface area contributed by atoms with Crippen molar-refractivity contribution < 1.29 is 26.5 Å². The summed E-state index contributed by atoms with van der Waals surface area (Å²) in [6.07, 6.45) is 0. The van der Waals surface area contributed by atoms with Crippen molar-refractivity contribution in [3.05, 3.63) is 510 Å². The van der Waals surface area contributed by atoms with Crippen LogP contribution in [0.25, 0.3) is 329 Å². The third kappa shape index (κ3) is 13.3. The first-order chi connectivity index (χ1) is 74.4. The summed E-state index contributed by atoms with van der Waals surface area (Å²) in [6, 6.07) is 183. The van der Waals surface area contributed by atoms with Crippen molar-refractivity contribution in [2.24, 2.45) is 0 Å². The minimum Gasteiger partial charge on any atom is -0.456 e. The van der Waals surface area contributed by atoms with E-state index in [0.29, 0.717) is 0 Å². The summed E-state index contributed by atoms with van der Waals surface area (Å²) >= 11 is 0. The summed E-state index contributed by atoms with van der Waals surface area (Å²) < 4.78 is 38.8. The van der Waals surface area contributed by atoms with E-state index in [-0.39, 0.29) is 0 Å². The molecule has 33 rings (SSSR count). The molecule has 0 N–H and O–H groups in total. The van der Waals surface area contributed by atoms with Crippen LogP contribution < -0.4 is 0 Å². The molecule has 6 nitrogen and oxygen atoms in total. The molecule has 0 aliphatic heterocycles. The smallest absolute Gasteiger partial charge is 0.139 e. The molecule has 0 bridgehead atoms. The summed E-state index contributed by atoms with van der Waals surface area (Å²) in [5.41, 5.74) is 32.2. The Morgan fingerprint density at radius 3 is 0.667 bits per heavy atom. The summed E-state index contributed by atoms with van der Waals surface area (Å²) in [6.45, 7) is 0. The molecule has 0 fully saturated rings. The second kappa shape index (κ2) is 33.9. The normalized spacial score (nSPS) is 12.0. The predicted molar refractivity (Wildman–Crippen MR) is 629 cm³/mol. The lowest BCUT2D eigenvalue weighted by Gasteiger charge is -2.18. The van der Waals surface area contributed by atoms with E-state index in [4.69, 9.17) is 26.5 Å². The number of benzene rings is 27. The highest BCUT2D eigenvalue weighted by molar-refractivity contribution is 6.34. The van der Waals surface area contributed by atoms with E-state index < -0.39 is 0 Å². The second-order valence-electron chi connectivity index (χ2n) is 39.5. The van der Waals surface area contributed by atoms with E-state index in [1.165, 1.54) is 164 Å². The lowest BCUT2D eigenvalue weighted by Crippen LogP contribution is -1.91. The van der Waals surface area contributed by atoms with Gasteiger partial charge in [-0.25, -0.2) is 0 Å². The van der Waals surface area contributed by atoms with Gasteiger partial charge < -0.3 is 26.5 Å². The third-order valence-corrected chi connectivity index (χ3v) is 31.3. The van der Waals surface area contributed by atoms with E-state index in [9.17, 15) is 0 Å². The number of hydrogen-bond acceptors (Lipinski definition) is 6. The zero-order valence-electron chi connectivity index (χ0n) is 80.9. The van der Waals surface area contributed by atoms with E-state index in [0.717, 1.165) is 165 Å². The summed E-state index contributed by atoms with van der Waals surface area (Å²) in [7, 11) is 0. The fraction of sp³-hybridized carbons (Fsp3) is 0. The zero-order chi connectivity index (χ0) is 98.3. The standard InChI is InChI=1S/3C48H28O2/c1-2-13-29(14-3-1)46-35-20-6-8-22-37(35)47(38-23-9-7-21-36(38)46)31-16-12-15-30(25-31)39-27-45-48(34-19-5-4-17-32(34)39)41-26-40-33-18-10-11-24-42(33)49-43(40)28-44(41)50-45;1-2-13-29(14-3-1)46-35-20-6-8-22-37(35)47(38-23-9-7-21-36(38)46)31-16-12-15-30(25-31)39-26-45-48(34-19-5-4-17-32(34)39)41-28-43-40(27-44(41)50-45)33-18-10-11-24-42(33)49-43;1-2-13-29(14-3-1)44-34-19-6-8-21-36(34)45(37-22-9-7-20-35(37)44)31-16-12-15-30(27-31)39-28-43-46(33-18-5-4-17-32(33)39)48-42(50-43)26-25-41-47(48)38-23-10-11-24-40(38)49-41/h3*1-28H. The average Bonchev–Trinajstić information content (AvgIpc) is 1.57. The molecule has 0 spiro atoms. The molecule has 6 aromatic heterocycles. The van der Waals surface area contributed by atoms with Crippen molar-refractivity contribution in [1.82, 2.24) is 0 Å². The molecule has 33 aromatic rings. The van der Waals surface area contributed by atoms with Gasteiger partial charge in [0, 0.05) is 70.7 Å². The van der Waals surface area contributed by atoms with E-state index >= 15 is 0 Å². The van der Waals surface area contributed by atoms with Crippen LogP contribution in [-0.4, -0.2) is 0 Å². The number of para-hydroxylation sites is 3. The molecule has 0 aliphatic rings. The van der Waals surface area contributed by atoms with Crippen LogP contribution in [-0.2, 0) is 0 Å². The van der Waals surface area contributed by atoms with Crippen molar-refractivity contribution in [3.8, 4) is 100 Å². The Kier molecular flexibility index (Phi) is 19.1. The SMILES string of the molecule is c1ccc(-c2c3ccccc3c(-c3cccc(-c4cc5oc6cc7c(cc6c5c5ccccc45)oc4ccccc47)c3)c3ccccc23)cc1.c1ccc(-c2c3ccccc3c(-c3cccc(-c4cc5oc6cc7oc8ccccc8c7cc6c5c5ccccc45)c3)c3ccccc23)cc1.c1ccc(-c2c3ccccc3c(-c3cccc(-c4cc5oc6ccc7oc8ccccc8c7c6c5c5ccccc45)c3)c3ccccc23)cc1. The molecule has 150 heavy (non-hydrogen) atoms. The van der Waals surface area contributed by atoms with Gasteiger partial charge in [0.1, 0.15) is 67.0 Å². The summed E-state index contributed by atoms with van der Waals surface area (Å²) in [5, 5.41) is 35.4. The van der Waals surface area contributed by atoms with E-state index in [2.05, 4.69) is 461 Å². The fourth-order valence-electron chi connectivity index (χ4n) is 25.0. The van der Waals surface area contributed by atoms with Gasteiger partial charge in [-0.1, -0.05) is 419 Å². The van der Waals surface area contributed by atoms with Crippen LogP contribution in [0.3, 0.4) is 0 Å². The first-order valence-corrected chi connectivity index (χ1v) is 51.3. The quantitative estimate of drug-likeness (QED) is 0.134. The average molecular weight is 1910 g/mol.